The zero-order chi connectivity index (χ0) is 13.1. The molecular weight excluding hydrogens is 252 g/mol. The Hall–Kier alpha value is -1.94. The maximum absolute atomic E-state index is 10.7. The number of nitro groups is 1. The SMILES string of the molecule is CCc1cc(-c2cccc([N+](=O)[O-])c2)cc(Cl)n1. The third-order valence-electron chi connectivity index (χ3n) is 2.60. The molecule has 0 bridgehead atoms. The number of nitro benzene ring substituents is 1. The summed E-state index contributed by atoms with van der Waals surface area (Å²) in [5.74, 6) is 0. The smallest absolute Gasteiger partial charge is 0.258 e. The molecule has 0 amide bonds. The predicted octanol–water partition coefficient (Wildman–Crippen LogP) is 3.87. The maximum atomic E-state index is 10.7. The number of aryl methyl sites for hydroxylation is 1. The molecule has 2 aromatic rings. The van der Waals surface area contributed by atoms with Crippen molar-refractivity contribution >= 4 is 17.3 Å². The molecule has 2 rings (SSSR count). The fourth-order valence-electron chi connectivity index (χ4n) is 1.70. The summed E-state index contributed by atoms with van der Waals surface area (Å²) < 4.78 is 0. The number of rotatable bonds is 3. The molecule has 1 aromatic heterocycles. The van der Waals surface area contributed by atoms with Gasteiger partial charge in [-0.3, -0.25) is 10.1 Å². The molecule has 1 heterocycles. The zero-order valence-electron chi connectivity index (χ0n) is 9.76. The van der Waals surface area contributed by atoms with E-state index >= 15 is 0 Å². The molecule has 18 heavy (non-hydrogen) atoms. The minimum absolute atomic E-state index is 0.0680. The van der Waals surface area contributed by atoms with Gasteiger partial charge in [-0.25, -0.2) is 4.98 Å². The van der Waals surface area contributed by atoms with E-state index in [9.17, 15) is 10.1 Å². The minimum atomic E-state index is -0.410. The first-order valence-corrected chi connectivity index (χ1v) is 5.89. The third kappa shape index (κ3) is 2.65. The van der Waals surface area contributed by atoms with Crippen molar-refractivity contribution in [3.63, 3.8) is 0 Å². The average Bonchev–Trinajstić information content (AvgIpc) is 2.38. The van der Waals surface area contributed by atoms with Crippen LogP contribution in [0.5, 0.6) is 0 Å². The van der Waals surface area contributed by atoms with Crippen LogP contribution in [0.4, 0.5) is 5.69 Å². The standard InChI is InChI=1S/C13H11ClN2O2/c1-2-11-6-10(8-13(14)15-11)9-4-3-5-12(7-9)16(17)18/h3-8H,2H2,1H3. The van der Waals surface area contributed by atoms with Crippen LogP contribution >= 0.6 is 11.6 Å². The maximum Gasteiger partial charge on any atom is 0.270 e. The Morgan fingerprint density at radius 1 is 1.28 bits per heavy atom. The van der Waals surface area contributed by atoms with E-state index in [2.05, 4.69) is 4.98 Å². The second kappa shape index (κ2) is 5.14. The second-order valence-corrected chi connectivity index (χ2v) is 4.22. The molecule has 4 nitrogen and oxygen atoms in total. The first-order chi connectivity index (χ1) is 8.60. The van der Waals surface area contributed by atoms with E-state index in [0.717, 1.165) is 23.2 Å². The van der Waals surface area contributed by atoms with Gasteiger partial charge in [0.1, 0.15) is 5.15 Å². The molecule has 0 atom stereocenters. The molecule has 5 heteroatoms. The van der Waals surface area contributed by atoms with E-state index in [1.54, 1.807) is 12.1 Å². The van der Waals surface area contributed by atoms with Gasteiger partial charge in [0.2, 0.25) is 0 Å². The van der Waals surface area contributed by atoms with Crippen LogP contribution in [0.3, 0.4) is 0 Å². The first-order valence-electron chi connectivity index (χ1n) is 5.51. The molecule has 92 valence electrons. The lowest BCUT2D eigenvalue weighted by Crippen LogP contribution is -1.91. The number of hydrogen-bond donors (Lipinski definition) is 0. The van der Waals surface area contributed by atoms with Gasteiger partial charge < -0.3 is 0 Å². The summed E-state index contributed by atoms with van der Waals surface area (Å²) in [4.78, 5) is 14.5. The number of benzene rings is 1. The van der Waals surface area contributed by atoms with Gasteiger partial charge in [-0.1, -0.05) is 30.7 Å². The van der Waals surface area contributed by atoms with Crippen molar-refractivity contribution in [1.82, 2.24) is 4.98 Å². The van der Waals surface area contributed by atoms with Gasteiger partial charge in [0.05, 0.1) is 4.92 Å². The number of halogens is 1. The Labute approximate surface area is 109 Å². The highest BCUT2D eigenvalue weighted by molar-refractivity contribution is 6.29. The Morgan fingerprint density at radius 3 is 2.72 bits per heavy atom. The molecule has 1 aromatic carbocycles. The van der Waals surface area contributed by atoms with Crippen LogP contribution in [0.1, 0.15) is 12.6 Å². The zero-order valence-corrected chi connectivity index (χ0v) is 10.5. The fraction of sp³-hybridized carbons (Fsp3) is 0.154. The molecule has 0 spiro atoms. The third-order valence-corrected chi connectivity index (χ3v) is 2.79. The Balaban J connectivity index is 2.51. The van der Waals surface area contributed by atoms with Crippen molar-refractivity contribution in [2.45, 2.75) is 13.3 Å². The van der Waals surface area contributed by atoms with Crippen molar-refractivity contribution < 1.29 is 4.92 Å². The second-order valence-electron chi connectivity index (χ2n) is 3.83. The number of nitrogens with zero attached hydrogens (tertiary/aromatic N) is 2. The summed E-state index contributed by atoms with van der Waals surface area (Å²) in [7, 11) is 0. The lowest BCUT2D eigenvalue weighted by Gasteiger charge is -2.05. The summed E-state index contributed by atoms with van der Waals surface area (Å²) in [6.45, 7) is 1.98. The Morgan fingerprint density at radius 2 is 2.06 bits per heavy atom. The highest BCUT2D eigenvalue weighted by Crippen LogP contribution is 2.26. The number of non-ortho nitro benzene ring substituents is 1. The van der Waals surface area contributed by atoms with Crippen molar-refractivity contribution in [3.8, 4) is 11.1 Å². The van der Waals surface area contributed by atoms with Crippen molar-refractivity contribution in [2.75, 3.05) is 0 Å². The van der Waals surface area contributed by atoms with Gasteiger partial charge in [-0.15, -0.1) is 0 Å². The molecule has 0 aliphatic rings. The minimum Gasteiger partial charge on any atom is -0.258 e. The number of aromatic nitrogens is 1. The van der Waals surface area contributed by atoms with Crippen LogP contribution in [0.2, 0.25) is 5.15 Å². The van der Waals surface area contributed by atoms with Gasteiger partial charge in [0, 0.05) is 17.8 Å². The van der Waals surface area contributed by atoms with Gasteiger partial charge in [0.15, 0.2) is 0 Å². The molecule has 0 saturated heterocycles. The van der Waals surface area contributed by atoms with Crippen molar-refractivity contribution in [2.24, 2.45) is 0 Å². The number of pyridine rings is 1. The summed E-state index contributed by atoms with van der Waals surface area (Å²) in [6.07, 6.45) is 0.766. The lowest BCUT2D eigenvalue weighted by atomic mass is 10.1. The molecule has 0 unspecified atom stereocenters. The summed E-state index contributed by atoms with van der Waals surface area (Å²) in [6, 6.07) is 10.1. The van der Waals surface area contributed by atoms with Crippen LogP contribution in [0, 0.1) is 10.1 Å². The topological polar surface area (TPSA) is 56.0 Å². The summed E-state index contributed by atoms with van der Waals surface area (Å²) in [5.41, 5.74) is 2.54. The largest absolute Gasteiger partial charge is 0.270 e. The van der Waals surface area contributed by atoms with Gasteiger partial charge in [-0.2, -0.15) is 0 Å². The molecule has 0 aliphatic carbocycles. The summed E-state index contributed by atoms with van der Waals surface area (Å²) >= 11 is 5.94. The predicted molar refractivity (Wildman–Crippen MR) is 70.7 cm³/mol. The van der Waals surface area contributed by atoms with Crippen LogP contribution < -0.4 is 0 Å². The van der Waals surface area contributed by atoms with Gasteiger partial charge in [0.25, 0.3) is 5.69 Å². The van der Waals surface area contributed by atoms with Gasteiger partial charge >= 0.3 is 0 Å². The molecule has 0 fully saturated rings. The molecular formula is C13H11ClN2O2. The normalized spacial score (nSPS) is 10.3. The Kier molecular flexibility index (Phi) is 3.58. The molecule has 0 radical (unpaired) electrons. The molecule has 0 saturated carbocycles. The molecule has 0 N–H and O–H groups in total. The average molecular weight is 263 g/mol. The quantitative estimate of drug-likeness (QED) is 0.479. The number of hydrogen-bond acceptors (Lipinski definition) is 3. The van der Waals surface area contributed by atoms with E-state index < -0.39 is 4.92 Å². The van der Waals surface area contributed by atoms with E-state index in [0.29, 0.717) is 5.15 Å². The van der Waals surface area contributed by atoms with Crippen molar-refractivity contribution in [3.05, 3.63) is 57.4 Å². The van der Waals surface area contributed by atoms with Gasteiger partial charge in [-0.05, 0) is 29.7 Å². The van der Waals surface area contributed by atoms with E-state index in [1.165, 1.54) is 12.1 Å². The van der Waals surface area contributed by atoms with Crippen LogP contribution in [-0.4, -0.2) is 9.91 Å². The van der Waals surface area contributed by atoms with Crippen LogP contribution in [-0.2, 0) is 6.42 Å². The fourth-order valence-corrected chi connectivity index (χ4v) is 1.92. The van der Waals surface area contributed by atoms with E-state index in [1.807, 2.05) is 19.1 Å². The van der Waals surface area contributed by atoms with E-state index in [4.69, 9.17) is 11.6 Å². The first kappa shape index (κ1) is 12.5. The summed E-state index contributed by atoms with van der Waals surface area (Å²) in [5, 5.41) is 11.1. The van der Waals surface area contributed by atoms with Crippen molar-refractivity contribution in [1.29, 1.82) is 0 Å². The highest BCUT2D eigenvalue weighted by Gasteiger charge is 2.08. The lowest BCUT2D eigenvalue weighted by molar-refractivity contribution is -0.384. The van der Waals surface area contributed by atoms with Crippen LogP contribution in [0.25, 0.3) is 11.1 Å². The monoisotopic (exact) mass is 262 g/mol. The Bertz CT molecular complexity index is 599. The molecule has 0 aliphatic heterocycles. The van der Waals surface area contributed by atoms with E-state index in [-0.39, 0.29) is 5.69 Å². The van der Waals surface area contributed by atoms with Crippen LogP contribution in [0.15, 0.2) is 36.4 Å². The highest BCUT2D eigenvalue weighted by atomic mass is 35.5.